The van der Waals surface area contributed by atoms with Gasteiger partial charge in [0.2, 0.25) is 5.91 Å². The number of nitrogens with zero attached hydrogens (tertiary/aromatic N) is 1. The van der Waals surface area contributed by atoms with Gasteiger partial charge < -0.3 is 15.5 Å². The first-order valence-corrected chi connectivity index (χ1v) is 9.70. The summed E-state index contributed by atoms with van der Waals surface area (Å²) < 4.78 is 13.2. The Balaban J connectivity index is 1.45. The van der Waals surface area contributed by atoms with Gasteiger partial charge in [-0.2, -0.15) is 0 Å². The number of carbonyl (C=O) groups is 2. The van der Waals surface area contributed by atoms with Crippen molar-refractivity contribution in [2.24, 2.45) is 5.92 Å². The van der Waals surface area contributed by atoms with Gasteiger partial charge in [0.05, 0.1) is 6.42 Å². The van der Waals surface area contributed by atoms with E-state index in [0.717, 1.165) is 24.9 Å². The lowest BCUT2D eigenvalue weighted by atomic mass is 9.97. The third-order valence-electron chi connectivity index (χ3n) is 4.77. The van der Waals surface area contributed by atoms with Crippen molar-refractivity contribution in [3.63, 3.8) is 0 Å². The molecule has 1 heterocycles. The Morgan fingerprint density at radius 2 is 1.96 bits per heavy atom. The topological polar surface area (TPSA) is 61.4 Å². The monoisotopic (exact) mass is 403 g/mol. The third-order valence-corrected chi connectivity index (χ3v) is 5.03. The van der Waals surface area contributed by atoms with Gasteiger partial charge in [-0.05, 0) is 54.7 Å². The van der Waals surface area contributed by atoms with E-state index in [4.69, 9.17) is 11.6 Å². The maximum absolute atomic E-state index is 13.2. The first-order valence-electron chi connectivity index (χ1n) is 9.32. The van der Waals surface area contributed by atoms with Crippen molar-refractivity contribution < 1.29 is 14.0 Å². The van der Waals surface area contributed by atoms with Crippen LogP contribution < -0.4 is 10.6 Å². The summed E-state index contributed by atoms with van der Waals surface area (Å²) in [6.45, 7) is 1.82. The molecular weight excluding hydrogens is 381 g/mol. The van der Waals surface area contributed by atoms with Gasteiger partial charge in [0.15, 0.2) is 0 Å². The molecule has 3 rings (SSSR count). The summed E-state index contributed by atoms with van der Waals surface area (Å²) in [6.07, 6.45) is 2.20. The van der Waals surface area contributed by atoms with Crippen LogP contribution in [0.3, 0.4) is 0 Å². The van der Waals surface area contributed by atoms with E-state index in [0.29, 0.717) is 30.2 Å². The average molecular weight is 404 g/mol. The molecule has 5 nitrogen and oxygen atoms in total. The van der Waals surface area contributed by atoms with E-state index in [2.05, 4.69) is 10.6 Å². The van der Waals surface area contributed by atoms with Gasteiger partial charge in [-0.1, -0.05) is 29.8 Å². The quantitative estimate of drug-likeness (QED) is 0.790. The van der Waals surface area contributed by atoms with E-state index in [1.807, 2.05) is 17.0 Å². The number of amides is 3. The van der Waals surface area contributed by atoms with Crippen LogP contribution in [0.15, 0.2) is 48.5 Å². The molecule has 148 valence electrons. The lowest BCUT2D eigenvalue weighted by Crippen LogP contribution is -2.44. The van der Waals surface area contributed by atoms with Crippen LogP contribution in [0.5, 0.6) is 0 Å². The molecule has 1 unspecified atom stereocenters. The highest BCUT2D eigenvalue weighted by atomic mass is 35.5. The summed E-state index contributed by atoms with van der Waals surface area (Å²) in [5, 5.41) is 6.07. The molecule has 0 aliphatic carbocycles. The molecular formula is C21H23ClFN3O2. The van der Waals surface area contributed by atoms with E-state index in [-0.39, 0.29) is 17.9 Å². The minimum atomic E-state index is -0.403. The van der Waals surface area contributed by atoms with Crippen molar-refractivity contribution in [1.29, 1.82) is 0 Å². The summed E-state index contributed by atoms with van der Waals surface area (Å²) in [6, 6.07) is 12.7. The van der Waals surface area contributed by atoms with Crippen LogP contribution in [0.4, 0.5) is 14.9 Å². The van der Waals surface area contributed by atoms with Gasteiger partial charge in [-0.15, -0.1) is 0 Å². The predicted molar refractivity (Wildman–Crippen MR) is 108 cm³/mol. The lowest BCUT2D eigenvalue weighted by molar-refractivity contribution is -0.132. The fourth-order valence-corrected chi connectivity index (χ4v) is 3.45. The highest BCUT2D eigenvalue weighted by Crippen LogP contribution is 2.18. The molecule has 1 saturated heterocycles. The van der Waals surface area contributed by atoms with Gasteiger partial charge in [-0.25, -0.2) is 9.18 Å². The van der Waals surface area contributed by atoms with Gasteiger partial charge in [0.25, 0.3) is 0 Å². The number of urea groups is 1. The number of hydrogen-bond donors (Lipinski definition) is 2. The number of rotatable bonds is 5. The molecule has 1 aliphatic rings. The zero-order chi connectivity index (χ0) is 19.9. The van der Waals surface area contributed by atoms with Crippen LogP contribution in [0.2, 0.25) is 5.02 Å². The largest absolute Gasteiger partial charge is 0.342 e. The first-order chi connectivity index (χ1) is 13.5. The maximum atomic E-state index is 13.2. The minimum Gasteiger partial charge on any atom is -0.342 e. The molecule has 0 aromatic heterocycles. The van der Waals surface area contributed by atoms with Gasteiger partial charge in [0.1, 0.15) is 5.82 Å². The Bertz CT molecular complexity index is 829. The van der Waals surface area contributed by atoms with Crippen molar-refractivity contribution >= 4 is 29.2 Å². The molecule has 2 aromatic rings. The number of piperidine rings is 1. The van der Waals surface area contributed by atoms with Gasteiger partial charge in [-0.3, -0.25) is 4.79 Å². The number of likely N-dealkylation sites (tertiary alicyclic amines) is 1. The van der Waals surface area contributed by atoms with E-state index in [1.54, 1.807) is 18.2 Å². The molecule has 0 spiro atoms. The predicted octanol–water partition coefficient (Wildman–Crippen LogP) is 4.08. The van der Waals surface area contributed by atoms with Crippen LogP contribution in [0.25, 0.3) is 0 Å². The number of carbonyl (C=O) groups excluding carboxylic acids is 2. The first kappa shape index (κ1) is 20.1. The molecule has 0 radical (unpaired) electrons. The fraction of sp³-hybridized carbons (Fsp3) is 0.333. The Labute approximate surface area is 168 Å². The molecule has 1 fully saturated rings. The Morgan fingerprint density at radius 1 is 1.18 bits per heavy atom. The fourth-order valence-electron chi connectivity index (χ4n) is 3.33. The Hall–Kier alpha value is -2.60. The van der Waals surface area contributed by atoms with E-state index in [1.165, 1.54) is 18.2 Å². The van der Waals surface area contributed by atoms with E-state index in [9.17, 15) is 14.0 Å². The molecule has 1 aliphatic heterocycles. The molecule has 7 heteroatoms. The highest BCUT2D eigenvalue weighted by Gasteiger charge is 2.24. The van der Waals surface area contributed by atoms with Crippen molar-refractivity contribution in [2.75, 3.05) is 25.0 Å². The van der Waals surface area contributed by atoms with Crippen LogP contribution in [0, 0.1) is 11.7 Å². The number of hydrogen-bond acceptors (Lipinski definition) is 2. The summed E-state index contributed by atoms with van der Waals surface area (Å²) in [5.41, 5.74) is 1.34. The van der Waals surface area contributed by atoms with Crippen molar-refractivity contribution in [3.8, 4) is 0 Å². The second-order valence-corrected chi connectivity index (χ2v) is 7.43. The van der Waals surface area contributed by atoms with Crippen LogP contribution in [-0.2, 0) is 11.2 Å². The lowest BCUT2D eigenvalue weighted by Gasteiger charge is -2.33. The van der Waals surface area contributed by atoms with Crippen molar-refractivity contribution in [1.82, 2.24) is 10.2 Å². The standard InChI is InChI=1S/C21H23ClFN3O2/c22-17-8-6-15(7-9-17)11-20(27)26-10-2-3-16(14-26)13-24-21(28)25-19-5-1-4-18(23)12-19/h1,4-9,12,16H,2-3,10-11,13-14H2,(H2,24,25,28). The van der Waals surface area contributed by atoms with E-state index < -0.39 is 5.82 Å². The smallest absolute Gasteiger partial charge is 0.319 e. The zero-order valence-electron chi connectivity index (χ0n) is 15.5. The Morgan fingerprint density at radius 3 is 2.71 bits per heavy atom. The zero-order valence-corrected chi connectivity index (χ0v) is 16.2. The Kier molecular flexibility index (Phi) is 6.87. The SMILES string of the molecule is O=C(NCC1CCCN(C(=O)Cc2ccc(Cl)cc2)C1)Nc1cccc(F)c1. The van der Waals surface area contributed by atoms with E-state index >= 15 is 0 Å². The second-order valence-electron chi connectivity index (χ2n) is 7.00. The van der Waals surface area contributed by atoms with Gasteiger partial charge >= 0.3 is 6.03 Å². The third kappa shape index (κ3) is 5.96. The number of nitrogens with one attached hydrogen (secondary N) is 2. The summed E-state index contributed by atoms with van der Waals surface area (Å²) in [7, 11) is 0. The van der Waals surface area contributed by atoms with Crippen LogP contribution in [0.1, 0.15) is 18.4 Å². The molecule has 0 saturated carbocycles. The molecule has 2 N–H and O–H groups in total. The van der Waals surface area contributed by atoms with Crippen LogP contribution in [-0.4, -0.2) is 36.5 Å². The van der Waals surface area contributed by atoms with Crippen molar-refractivity contribution in [2.45, 2.75) is 19.3 Å². The van der Waals surface area contributed by atoms with Gasteiger partial charge in [0, 0.05) is 30.3 Å². The molecule has 1 atom stereocenters. The molecule has 2 aromatic carbocycles. The molecule has 3 amide bonds. The summed E-state index contributed by atoms with van der Waals surface area (Å²) in [4.78, 5) is 26.4. The molecule has 0 bridgehead atoms. The summed E-state index contributed by atoms with van der Waals surface area (Å²) in [5.74, 6) is -0.127. The minimum absolute atomic E-state index is 0.0798. The maximum Gasteiger partial charge on any atom is 0.319 e. The second kappa shape index (κ2) is 9.55. The molecule has 28 heavy (non-hydrogen) atoms. The average Bonchev–Trinajstić information content (AvgIpc) is 2.68. The number of anilines is 1. The summed E-state index contributed by atoms with van der Waals surface area (Å²) >= 11 is 5.88. The normalized spacial score (nSPS) is 16.5. The highest BCUT2D eigenvalue weighted by molar-refractivity contribution is 6.30. The number of benzene rings is 2. The van der Waals surface area contributed by atoms with Crippen molar-refractivity contribution in [3.05, 3.63) is 64.9 Å². The van der Waals surface area contributed by atoms with Crippen LogP contribution >= 0.6 is 11.6 Å². The number of halogens is 2.